The molecule has 3 atom stereocenters. The van der Waals surface area contributed by atoms with Crippen molar-refractivity contribution >= 4 is 11.9 Å². The van der Waals surface area contributed by atoms with Gasteiger partial charge >= 0.3 is 11.9 Å². The molecular formula is C15H18O4. The van der Waals surface area contributed by atoms with E-state index in [4.69, 9.17) is 5.11 Å². The Morgan fingerprint density at radius 1 is 1.11 bits per heavy atom. The maximum atomic E-state index is 11.3. The summed E-state index contributed by atoms with van der Waals surface area (Å²) < 4.78 is 0. The number of hydrogen-bond acceptors (Lipinski definition) is 2. The molecule has 1 fully saturated rings. The van der Waals surface area contributed by atoms with Crippen LogP contribution in [0.15, 0.2) is 30.3 Å². The third kappa shape index (κ3) is 2.62. The average molecular weight is 262 g/mol. The van der Waals surface area contributed by atoms with Crippen molar-refractivity contribution in [3.8, 4) is 0 Å². The molecule has 2 N–H and O–H groups in total. The normalized spacial score (nSPS) is 30.8. The molecule has 1 aliphatic carbocycles. The third-order valence-corrected chi connectivity index (χ3v) is 4.27. The lowest BCUT2D eigenvalue weighted by molar-refractivity contribution is -0.156. The van der Waals surface area contributed by atoms with Crippen LogP contribution in [0.1, 0.15) is 31.7 Å². The number of rotatable bonds is 3. The molecule has 4 nitrogen and oxygen atoms in total. The van der Waals surface area contributed by atoms with Crippen LogP contribution in [-0.4, -0.2) is 22.2 Å². The Labute approximate surface area is 112 Å². The molecule has 0 radical (unpaired) electrons. The highest BCUT2D eigenvalue weighted by Gasteiger charge is 2.44. The fourth-order valence-electron chi connectivity index (χ4n) is 3.06. The van der Waals surface area contributed by atoms with E-state index in [1.807, 2.05) is 37.3 Å². The van der Waals surface area contributed by atoms with E-state index in [9.17, 15) is 14.7 Å². The summed E-state index contributed by atoms with van der Waals surface area (Å²) in [6.07, 6.45) is 1.50. The number of benzene rings is 1. The Balaban J connectivity index is 2.28. The molecular weight excluding hydrogens is 244 g/mol. The van der Waals surface area contributed by atoms with Crippen molar-refractivity contribution in [2.45, 2.75) is 31.6 Å². The Morgan fingerprint density at radius 3 is 2.21 bits per heavy atom. The summed E-state index contributed by atoms with van der Waals surface area (Å²) in [4.78, 5) is 22.5. The average Bonchev–Trinajstić information content (AvgIpc) is 2.39. The molecule has 19 heavy (non-hydrogen) atoms. The van der Waals surface area contributed by atoms with E-state index < -0.39 is 23.8 Å². The van der Waals surface area contributed by atoms with Crippen molar-refractivity contribution in [2.24, 2.45) is 11.8 Å². The second-order valence-electron chi connectivity index (χ2n) is 5.56. The molecule has 0 heterocycles. The summed E-state index contributed by atoms with van der Waals surface area (Å²) in [6.45, 7) is 2.02. The monoisotopic (exact) mass is 262 g/mol. The van der Waals surface area contributed by atoms with Gasteiger partial charge in [-0.05, 0) is 30.2 Å². The summed E-state index contributed by atoms with van der Waals surface area (Å²) in [6, 6.07) is 9.75. The van der Waals surface area contributed by atoms with Crippen molar-refractivity contribution < 1.29 is 19.8 Å². The van der Waals surface area contributed by atoms with Gasteiger partial charge in [0, 0.05) is 0 Å². The fourth-order valence-corrected chi connectivity index (χ4v) is 3.06. The van der Waals surface area contributed by atoms with Crippen LogP contribution in [0, 0.1) is 11.8 Å². The number of carboxylic acids is 2. The zero-order chi connectivity index (χ0) is 14.0. The van der Waals surface area contributed by atoms with Crippen molar-refractivity contribution in [3.05, 3.63) is 35.9 Å². The second-order valence-corrected chi connectivity index (χ2v) is 5.56. The quantitative estimate of drug-likeness (QED) is 0.877. The van der Waals surface area contributed by atoms with Gasteiger partial charge in [0.2, 0.25) is 0 Å². The van der Waals surface area contributed by atoms with Gasteiger partial charge < -0.3 is 10.2 Å². The first-order valence-corrected chi connectivity index (χ1v) is 6.45. The molecule has 0 unspecified atom stereocenters. The van der Waals surface area contributed by atoms with E-state index in [1.54, 1.807) is 0 Å². The first kappa shape index (κ1) is 13.6. The molecule has 4 heteroatoms. The maximum absolute atomic E-state index is 11.3. The molecule has 0 spiro atoms. The Hall–Kier alpha value is -1.84. The van der Waals surface area contributed by atoms with E-state index in [2.05, 4.69) is 0 Å². The lowest BCUT2D eigenvalue weighted by Gasteiger charge is -2.40. The highest BCUT2D eigenvalue weighted by Crippen LogP contribution is 2.44. The zero-order valence-electron chi connectivity index (χ0n) is 10.9. The predicted octanol–water partition coefficient (Wildman–Crippen LogP) is 2.53. The largest absolute Gasteiger partial charge is 0.481 e. The Morgan fingerprint density at radius 2 is 1.68 bits per heavy atom. The van der Waals surface area contributed by atoms with Crippen LogP contribution in [0.4, 0.5) is 0 Å². The summed E-state index contributed by atoms with van der Waals surface area (Å²) in [7, 11) is 0. The van der Waals surface area contributed by atoms with Crippen LogP contribution in [-0.2, 0) is 15.0 Å². The summed E-state index contributed by atoms with van der Waals surface area (Å²) >= 11 is 0. The summed E-state index contributed by atoms with van der Waals surface area (Å²) in [5.74, 6) is -3.58. The molecule has 0 bridgehead atoms. The molecule has 0 aliphatic heterocycles. The van der Waals surface area contributed by atoms with Crippen molar-refractivity contribution in [2.75, 3.05) is 0 Å². The van der Waals surface area contributed by atoms with Gasteiger partial charge in [-0.2, -0.15) is 0 Å². The predicted molar refractivity (Wildman–Crippen MR) is 69.9 cm³/mol. The van der Waals surface area contributed by atoms with Crippen LogP contribution in [0.5, 0.6) is 0 Å². The van der Waals surface area contributed by atoms with Gasteiger partial charge in [-0.3, -0.25) is 9.59 Å². The molecule has 102 valence electrons. The van der Waals surface area contributed by atoms with Crippen LogP contribution in [0.3, 0.4) is 0 Å². The minimum Gasteiger partial charge on any atom is -0.481 e. The number of carboxylic acid groups (broad SMARTS) is 2. The molecule has 0 aromatic heterocycles. The van der Waals surface area contributed by atoms with Crippen molar-refractivity contribution in [3.63, 3.8) is 0 Å². The fraction of sp³-hybridized carbons (Fsp3) is 0.467. The van der Waals surface area contributed by atoms with Gasteiger partial charge in [-0.1, -0.05) is 37.3 Å². The van der Waals surface area contributed by atoms with Crippen LogP contribution in [0.25, 0.3) is 0 Å². The van der Waals surface area contributed by atoms with E-state index in [0.717, 1.165) is 5.56 Å². The number of hydrogen-bond donors (Lipinski definition) is 2. The van der Waals surface area contributed by atoms with Gasteiger partial charge in [0.25, 0.3) is 0 Å². The maximum Gasteiger partial charge on any atom is 0.307 e. The first-order chi connectivity index (χ1) is 8.94. The lowest BCUT2D eigenvalue weighted by atomic mass is 9.63. The van der Waals surface area contributed by atoms with Gasteiger partial charge in [0.15, 0.2) is 0 Å². The molecule has 1 saturated carbocycles. The smallest absolute Gasteiger partial charge is 0.307 e. The van der Waals surface area contributed by atoms with Gasteiger partial charge in [-0.25, -0.2) is 0 Å². The van der Waals surface area contributed by atoms with Crippen LogP contribution >= 0.6 is 0 Å². The van der Waals surface area contributed by atoms with Crippen molar-refractivity contribution in [1.82, 2.24) is 0 Å². The number of aliphatic carboxylic acids is 2. The molecule has 0 amide bonds. The van der Waals surface area contributed by atoms with Gasteiger partial charge in [0.1, 0.15) is 0 Å². The molecule has 1 aliphatic rings. The molecule has 1 aromatic rings. The van der Waals surface area contributed by atoms with Crippen molar-refractivity contribution in [1.29, 1.82) is 0 Å². The van der Waals surface area contributed by atoms with E-state index in [0.29, 0.717) is 19.3 Å². The zero-order valence-corrected chi connectivity index (χ0v) is 10.9. The lowest BCUT2D eigenvalue weighted by Crippen LogP contribution is -2.41. The third-order valence-electron chi connectivity index (χ3n) is 4.27. The van der Waals surface area contributed by atoms with E-state index in [-0.39, 0.29) is 5.41 Å². The highest BCUT2D eigenvalue weighted by atomic mass is 16.4. The minimum absolute atomic E-state index is 0.254. The summed E-state index contributed by atoms with van der Waals surface area (Å²) in [5, 5.41) is 18.4. The van der Waals surface area contributed by atoms with E-state index in [1.165, 1.54) is 0 Å². The summed E-state index contributed by atoms with van der Waals surface area (Å²) in [5.41, 5.74) is 0.834. The first-order valence-electron chi connectivity index (χ1n) is 6.45. The van der Waals surface area contributed by atoms with Crippen LogP contribution < -0.4 is 0 Å². The van der Waals surface area contributed by atoms with Gasteiger partial charge in [-0.15, -0.1) is 0 Å². The Bertz CT molecular complexity index is 482. The van der Waals surface area contributed by atoms with Gasteiger partial charge in [0.05, 0.1) is 11.8 Å². The SMILES string of the molecule is C[C@@]1(c2ccccc2)CC[C@H](C(=O)O)[C@H](C(=O)O)C1. The topological polar surface area (TPSA) is 74.6 Å². The second kappa shape index (κ2) is 5.03. The van der Waals surface area contributed by atoms with Crippen LogP contribution in [0.2, 0.25) is 0 Å². The molecule has 1 aromatic carbocycles. The standard InChI is InChI=1S/C15H18O4/c1-15(10-5-3-2-4-6-10)8-7-11(13(16)17)12(9-15)14(18)19/h2-6,11-12H,7-9H2,1H3,(H,16,17)(H,18,19)/t11-,12+,15+/m0/s1. The molecule has 0 saturated heterocycles. The number of carbonyl (C=O) groups is 2. The Kier molecular flexibility index (Phi) is 3.60. The minimum atomic E-state index is -1.01. The van der Waals surface area contributed by atoms with E-state index >= 15 is 0 Å². The highest BCUT2D eigenvalue weighted by molar-refractivity contribution is 5.80. The molecule has 2 rings (SSSR count).